The van der Waals surface area contributed by atoms with Crippen LogP contribution in [0.4, 0.5) is 4.79 Å². The quantitative estimate of drug-likeness (QED) is 0.537. The van der Waals surface area contributed by atoms with Gasteiger partial charge in [0.2, 0.25) is 0 Å². The van der Waals surface area contributed by atoms with Gasteiger partial charge in [0.15, 0.2) is 5.11 Å². The van der Waals surface area contributed by atoms with Gasteiger partial charge in [0.1, 0.15) is 0 Å². The van der Waals surface area contributed by atoms with Crippen LogP contribution < -0.4 is 16.0 Å². The average molecular weight is 355 g/mol. The standard InChI is InChI=1S/C18H34N4OS/c1-18(2,3)21-16(24)19-10-6-11-20-17(23)22-12-9-14-7-4-5-8-15(14)13-22/h14-15H,4-13H2,1-3H3,(H,20,23)(H2,19,21,24). The van der Waals surface area contributed by atoms with Crippen molar-refractivity contribution in [3.8, 4) is 0 Å². The van der Waals surface area contributed by atoms with Gasteiger partial charge in [0.05, 0.1) is 0 Å². The number of carbonyl (C=O) groups is 1. The summed E-state index contributed by atoms with van der Waals surface area (Å²) in [6.45, 7) is 9.57. The van der Waals surface area contributed by atoms with Crippen molar-refractivity contribution >= 4 is 23.4 Å². The summed E-state index contributed by atoms with van der Waals surface area (Å²) in [5, 5.41) is 10.1. The van der Waals surface area contributed by atoms with Crippen molar-refractivity contribution in [1.82, 2.24) is 20.9 Å². The van der Waals surface area contributed by atoms with Crippen LogP contribution in [0.5, 0.6) is 0 Å². The van der Waals surface area contributed by atoms with Crippen molar-refractivity contribution in [2.45, 2.75) is 64.8 Å². The lowest BCUT2D eigenvalue weighted by Gasteiger charge is -2.41. The number of likely N-dealkylation sites (tertiary alicyclic amines) is 1. The van der Waals surface area contributed by atoms with Crippen molar-refractivity contribution in [3.63, 3.8) is 0 Å². The van der Waals surface area contributed by atoms with E-state index in [2.05, 4.69) is 36.7 Å². The van der Waals surface area contributed by atoms with Gasteiger partial charge in [-0.3, -0.25) is 0 Å². The summed E-state index contributed by atoms with van der Waals surface area (Å²) in [4.78, 5) is 14.3. The molecule has 2 aliphatic rings. The maximum Gasteiger partial charge on any atom is 0.317 e. The molecular weight excluding hydrogens is 320 g/mol. The third-order valence-electron chi connectivity index (χ3n) is 4.98. The van der Waals surface area contributed by atoms with Gasteiger partial charge in [-0.1, -0.05) is 19.3 Å². The summed E-state index contributed by atoms with van der Waals surface area (Å²) in [6.07, 6.45) is 7.45. The number of rotatable bonds is 4. The molecule has 3 N–H and O–H groups in total. The Hall–Kier alpha value is -1.04. The number of hydrogen-bond donors (Lipinski definition) is 3. The number of thiocarbonyl (C=S) groups is 1. The van der Waals surface area contributed by atoms with Crippen LogP contribution in [0.2, 0.25) is 0 Å². The Kier molecular flexibility index (Phi) is 7.14. The lowest BCUT2D eigenvalue weighted by atomic mass is 9.75. The average Bonchev–Trinajstić information content (AvgIpc) is 2.52. The van der Waals surface area contributed by atoms with Crippen LogP contribution in [0.1, 0.15) is 59.3 Å². The summed E-state index contributed by atoms with van der Waals surface area (Å²) in [5.74, 6) is 1.60. The predicted octanol–water partition coefficient (Wildman–Crippen LogP) is 2.86. The molecule has 1 saturated heterocycles. The highest BCUT2D eigenvalue weighted by Crippen LogP contribution is 2.35. The molecule has 2 unspecified atom stereocenters. The van der Waals surface area contributed by atoms with E-state index >= 15 is 0 Å². The zero-order valence-corrected chi connectivity index (χ0v) is 16.3. The molecule has 0 aromatic carbocycles. The first kappa shape index (κ1) is 19.3. The molecule has 0 aromatic rings. The Morgan fingerprint density at radius 2 is 1.75 bits per heavy atom. The summed E-state index contributed by atoms with van der Waals surface area (Å²) < 4.78 is 0. The van der Waals surface area contributed by atoms with E-state index in [0.29, 0.717) is 11.7 Å². The molecule has 0 bridgehead atoms. The fourth-order valence-corrected chi connectivity index (χ4v) is 4.18. The minimum Gasteiger partial charge on any atom is -0.363 e. The van der Waals surface area contributed by atoms with Crippen LogP contribution in [-0.4, -0.2) is 47.8 Å². The van der Waals surface area contributed by atoms with Crippen LogP contribution in [0, 0.1) is 11.8 Å². The fourth-order valence-electron chi connectivity index (χ4n) is 3.77. The van der Waals surface area contributed by atoms with Gasteiger partial charge in [-0.15, -0.1) is 0 Å². The third kappa shape index (κ3) is 6.46. The Labute approximate surface area is 152 Å². The summed E-state index contributed by atoms with van der Waals surface area (Å²) in [7, 11) is 0. The van der Waals surface area contributed by atoms with E-state index in [1.807, 2.05) is 4.90 Å². The van der Waals surface area contributed by atoms with Gasteiger partial charge in [0, 0.05) is 31.7 Å². The van der Waals surface area contributed by atoms with Gasteiger partial charge in [-0.05, 0) is 64.1 Å². The molecule has 1 heterocycles. The summed E-state index contributed by atoms with van der Waals surface area (Å²) in [5.41, 5.74) is -0.0243. The molecule has 0 radical (unpaired) electrons. The number of nitrogens with one attached hydrogen (secondary N) is 3. The number of urea groups is 1. The highest BCUT2D eigenvalue weighted by molar-refractivity contribution is 7.80. The van der Waals surface area contributed by atoms with Gasteiger partial charge in [-0.2, -0.15) is 0 Å². The second-order valence-electron chi connectivity index (χ2n) is 8.26. The number of hydrogen-bond acceptors (Lipinski definition) is 2. The van der Waals surface area contributed by atoms with Crippen LogP contribution in [0.15, 0.2) is 0 Å². The van der Waals surface area contributed by atoms with Crippen LogP contribution in [-0.2, 0) is 0 Å². The number of fused-ring (bicyclic) bond motifs is 1. The smallest absolute Gasteiger partial charge is 0.317 e. The molecule has 2 fully saturated rings. The molecule has 138 valence electrons. The van der Waals surface area contributed by atoms with Crippen LogP contribution in [0.25, 0.3) is 0 Å². The first-order valence-corrected chi connectivity index (χ1v) is 9.85. The topological polar surface area (TPSA) is 56.4 Å². The SMILES string of the molecule is CC(C)(C)NC(=S)NCCCNC(=O)N1CCC2CCCCC2C1. The second kappa shape index (κ2) is 8.88. The van der Waals surface area contributed by atoms with Gasteiger partial charge < -0.3 is 20.9 Å². The van der Waals surface area contributed by atoms with E-state index < -0.39 is 0 Å². The Bertz CT molecular complexity index is 435. The molecule has 6 heteroatoms. The first-order chi connectivity index (χ1) is 11.3. The fraction of sp³-hybridized carbons (Fsp3) is 0.889. The third-order valence-corrected chi connectivity index (χ3v) is 5.23. The van der Waals surface area contributed by atoms with Crippen molar-refractivity contribution < 1.29 is 4.79 Å². The zero-order chi connectivity index (χ0) is 17.6. The monoisotopic (exact) mass is 354 g/mol. The number of piperidine rings is 1. The largest absolute Gasteiger partial charge is 0.363 e. The van der Waals surface area contributed by atoms with E-state index in [0.717, 1.165) is 37.9 Å². The molecule has 24 heavy (non-hydrogen) atoms. The van der Waals surface area contributed by atoms with E-state index in [4.69, 9.17) is 12.2 Å². The number of carbonyl (C=O) groups excluding carboxylic acids is 1. The van der Waals surface area contributed by atoms with Crippen molar-refractivity contribution in [2.75, 3.05) is 26.2 Å². The van der Waals surface area contributed by atoms with E-state index in [9.17, 15) is 4.79 Å². The molecule has 2 amide bonds. The molecule has 2 atom stereocenters. The molecule has 1 saturated carbocycles. The number of nitrogens with zero attached hydrogens (tertiary/aromatic N) is 1. The Morgan fingerprint density at radius 1 is 1.08 bits per heavy atom. The van der Waals surface area contributed by atoms with Crippen molar-refractivity contribution in [2.24, 2.45) is 11.8 Å². The van der Waals surface area contributed by atoms with Gasteiger partial charge in [-0.25, -0.2) is 4.79 Å². The Morgan fingerprint density at radius 3 is 2.46 bits per heavy atom. The molecule has 0 spiro atoms. The number of amides is 2. The maximum absolute atomic E-state index is 12.3. The molecule has 5 nitrogen and oxygen atoms in total. The zero-order valence-electron chi connectivity index (χ0n) is 15.5. The molecular formula is C18H34N4OS. The lowest BCUT2D eigenvalue weighted by molar-refractivity contribution is 0.102. The predicted molar refractivity (Wildman–Crippen MR) is 103 cm³/mol. The molecule has 0 aromatic heterocycles. The van der Waals surface area contributed by atoms with E-state index in [1.54, 1.807) is 0 Å². The normalized spacial score (nSPS) is 24.0. The highest BCUT2D eigenvalue weighted by Gasteiger charge is 2.32. The summed E-state index contributed by atoms with van der Waals surface area (Å²) in [6, 6.07) is 0.106. The van der Waals surface area contributed by atoms with E-state index in [-0.39, 0.29) is 11.6 Å². The molecule has 2 rings (SSSR count). The van der Waals surface area contributed by atoms with Crippen LogP contribution in [0.3, 0.4) is 0 Å². The highest BCUT2D eigenvalue weighted by atomic mass is 32.1. The van der Waals surface area contributed by atoms with Crippen molar-refractivity contribution in [3.05, 3.63) is 0 Å². The van der Waals surface area contributed by atoms with Gasteiger partial charge >= 0.3 is 6.03 Å². The Balaban J connectivity index is 1.57. The summed E-state index contributed by atoms with van der Waals surface area (Å²) >= 11 is 5.24. The second-order valence-corrected chi connectivity index (χ2v) is 8.66. The van der Waals surface area contributed by atoms with Gasteiger partial charge in [0.25, 0.3) is 0 Å². The molecule has 1 aliphatic carbocycles. The first-order valence-electron chi connectivity index (χ1n) is 9.44. The minimum absolute atomic E-state index is 0.0243. The maximum atomic E-state index is 12.3. The lowest BCUT2D eigenvalue weighted by Crippen LogP contribution is -2.49. The van der Waals surface area contributed by atoms with Crippen molar-refractivity contribution in [1.29, 1.82) is 0 Å². The van der Waals surface area contributed by atoms with E-state index in [1.165, 1.54) is 32.1 Å². The minimum atomic E-state index is -0.0243. The molecule has 1 aliphatic heterocycles. The van der Waals surface area contributed by atoms with Crippen LogP contribution >= 0.6 is 12.2 Å².